The van der Waals surface area contributed by atoms with Crippen molar-refractivity contribution in [3.8, 4) is 0 Å². The summed E-state index contributed by atoms with van der Waals surface area (Å²) in [4.78, 5) is 10.8. The van der Waals surface area contributed by atoms with Crippen LogP contribution in [-0.2, 0) is 10.0 Å². The molecule has 0 aliphatic rings. The largest absolute Gasteiger partial charge is 0.478 e. The first-order valence-electron chi connectivity index (χ1n) is 5.52. The van der Waals surface area contributed by atoms with Crippen molar-refractivity contribution in [1.29, 1.82) is 0 Å². The van der Waals surface area contributed by atoms with Gasteiger partial charge in [0.25, 0.3) is 10.0 Å². The highest BCUT2D eigenvalue weighted by molar-refractivity contribution is 9.11. The molecule has 1 heterocycles. The maximum Gasteiger partial charge on any atom is 0.335 e. The van der Waals surface area contributed by atoms with Gasteiger partial charge in [0.15, 0.2) is 0 Å². The van der Waals surface area contributed by atoms with E-state index in [1.165, 1.54) is 6.07 Å². The second kappa shape index (κ2) is 5.74. The molecule has 2 aromatic rings. The van der Waals surface area contributed by atoms with Gasteiger partial charge in [-0.2, -0.15) is 0 Å². The van der Waals surface area contributed by atoms with Gasteiger partial charge in [0.2, 0.25) is 0 Å². The number of benzene rings is 1. The molecule has 0 unspecified atom stereocenters. The highest BCUT2D eigenvalue weighted by Crippen LogP contribution is 2.32. The number of halogens is 2. The van der Waals surface area contributed by atoms with Crippen LogP contribution >= 0.6 is 27.3 Å². The Morgan fingerprint density at radius 2 is 2.05 bits per heavy atom. The predicted molar refractivity (Wildman–Crippen MR) is 80.9 cm³/mol. The van der Waals surface area contributed by atoms with E-state index in [4.69, 9.17) is 5.11 Å². The lowest BCUT2D eigenvalue weighted by Gasteiger charge is -2.08. The Balaban J connectivity index is 2.41. The lowest BCUT2D eigenvalue weighted by Crippen LogP contribution is -2.13. The number of carbonyl (C=O) groups is 1. The minimum Gasteiger partial charge on any atom is -0.478 e. The third kappa shape index (κ3) is 3.42. The first-order chi connectivity index (χ1) is 9.70. The summed E-state index contributed by atoms with van der Waals surface area (Å²) in [5.74, 6) is -2.12. The molecule has 0 fully saturated rings. The fraction of sp³-hybridized carbons (Fsp3) is 0.0833. The summed E-state index contributed by atoms with van der Waals surface area (Å²) in [5, 5.41) is 8.85. The number of anilines is 1. The highest BCUT2D eigenvalue weighted by atomic mass is 79.9. The minimum absolute atomic E-state index is 0.00648. The summed E-state index contributed by atoms with van der Waals surface area (Å²) in [6, 6.07) is 4.33. The molecule has 1 aromatic heterocycles. The molecule has 5 nitrogen and oxygen atoms in total. The van der Waals surface area contributed by atoms with Crippen LogP contribution in [0.2, 0.25) is 0 Å². The summed E-state index contributed by atoms with van der Waals surface area (Å²) < 4.78 is 40.7. The number of rotatable bonds is 4. The van der Waals surface area contributed by atoms with Crippen LogP contribution in [0, 0.1) is 12.7 Å². The maximum absolute atomic E-state index is 13.6. The fourth-order valence-electron chi connectivity index (χ4n) is 1.50. The average molecular weight is 394 g/mol. The van der Waals surface area contributed by atoms with E-state index in [0.29, 0.717) is 3.79 Å². The number of thiophene rings is 1. The van der Waals surface area contributed by atoms with E-state index >= 15 is 0 Å². The fourth-order valence-corrected chi connectivity index (χ4v) is 4.78. The topological polar surface area (TPSA) is 83.5 Å². The van der Waals surface area contributed by atoms with E-state index in [2.05, 4.69) is 20.7 Å². The molecule has 21 heavy (non-hydrogen) atoms. The molecule has 0 aliphatic heterocycles. The number of sulfonamides is 1. The average Bonchev–Trinajstić information content (AvgIpc) is 2.73. The molecule has 9 heteroatoms. The first-order valence-corrected chi connectivity index (χ1v) is 8.61. The third-order valence-electron chi connectivity index (χ3n) is 2.56. The molecule has 2 N–H and O–H groups in total. The van der Waals surface area contributed by atoms with Crippen LogP contribution in [0.1, 0.15) is 15.9 Å². The molecule has 0 aliphatic carbocycles. The number of hydrogen-bond donors (Lipinski definition) is 2. The van der Waals surface area contributed by atoms with E-state index in [1.54, 1.807) is 6.92 Å². The number of nitrogens with one attached hydrogen (secondary N) is 1. The van der Waals surface area contributed by atoms with Gasteiger partial charge in [-0.1, -0.05) is 0 Å². The highest BCUT2D eigenvalue weighted by Gasteiger charge is 2.20. The SMILES string of the molecule is Cc1cc(S(=O)(=O)Nc2cc(C(=O)O)ccc2F)sc1Br. The molecule has 0 amide bonds. The van der Waals surface area contributed by atoms with Gasteiger partial charge < -0.3 is 5.11 Å². The van der Waals surface area contributed by atoms with Crippen LogP contribution < -0.4 is 4.72 Å². The number of carboxylic acids is 1. The second-order valence-corrected chi connectivity index (χ2v) is 8.41. The Kier molecular flexibility index (Phi) is 4.35. The Morgan fingerprint density at radius 3 is 2.57 bits per heavy atom. The number of aryl methyl sites for hydroxylation is 1. The molecule has 112 valence electrons. The zero-order chi connectivity index (χ0) is 15.8. The van der Waals surface area contributed by atoms with Crippen LogP contribution in [0.15, 0.2) is 32.3 Å². The molecular formula is C12H9BrFNO4S2. The van der Waals surface area contributed by atoms with Crippen molar-refractivity contribution in [3.05, 3.63) is 45.0 Å². The van der Waals surface area contributed by atoms with E-state index in [0.717, 1.165) is 35.1 Å². The molecule has 0 saturated heterocycles. The summed E-state index contributed by atoms with van der Waals surface area (Å²) in [5.41, 5.74) is 0.120. The maximum atomic E-state index is 13.6. The summed E-state index contributed by atoms with van der Waals surface area (Å²) in [6.45, 7) is 1.73. The lowest BCUT2D eigenvalue weighted by atomic mass is 10.2. The standard InChI is InChI=1S/C12H9BrFNO4S2/c1-6-4-10(20-11(6)13)21(18,19)15-9-5-7(12(16)17)2-3-8(9)14/h2-5,15H,1H3,(H,16,17). The summed E-state index contributed by atoms with van der Waals surface area (Å²) in [7, 11) is -3.97. The molecule has 2 rings (SSSR count). The van der Waals surface area contributed by atoms with Gasteiger partial charge in [0.1, 0.15) is 10.0 Å². The van der Waals surface area contributed by atoms with Gasteiger partial charge in [0.05, 0.1) is 15.0 Å². The molecule has 0 spiro atoms. The van der Waals surface area contributed by atoms with Crippen molar-refractivity contribution in [3.63, 3.8) is 0 Å². The Bertz CT molecular complexity index is 797. The molecule has 0 radical (unpaired) electrons. The van der Waals surface area contributed by atoms with Gasteiger partial charge in [-0.15, -0.1) is 11.3 Å². The lowest BCUT2D eigenvalue weighted by molar-refractivity contribution is 0.0697. The molecule has 0 saturated carbocycles. The number of aromatic carboxylic acids is 1. The number of hydrogen-bond acceptors (Lipinski definition) is 4. The van der Waals surface area contributed by atoms with E-state index < -0.39 is 27.5 Å². The monoisotopic (exact) mass is 393 g/mol. The van der Waals surface area contributed by atoms with E-state index in [1.807, 2.05) is 0 Å². The van der Waals surface area contributed by atoms with Gasteiger partial charge in [-0.05, 0) is 52.7 Å². The van der Waals surface area contributed by atoms with Crippen LogP contribution in [-0.4, -0.2) is 19.5 Å². The van der Waals surface area contributed by atoms with Crippen molar-refractivity contribution in [2.75, 3.05) is 4.72 Å². The Morgan fingerprint density at radius 1 is 1.38 bits per heavy atom. The van der Waals surface area contributed by atoms with Gasteiger partial charge in [0, 0.05) is 0 Å². The van der Waals surface area contributed by atoms with Gasteiger partial charge in [-0.3, -0.25) is 4.72 Å². The van der Waals surface area contributed by atoms with Crippen molar-refractivity contribution < 1.29 is 22.7 Å². The molecular weight excluding hydrogens is 385 g/mol. The van der Waals surface area contributed by atoms with E-state index in [9.17, 15) is 17.6 Å². The number of carboxylic acid groups (broad SMARTS) is 1. The predicted octanol–water partition coefficient (Wildman–Crippen LogP) is 3.46. The third-order valence-corrected chi connectivity index (χ3v) is 6.53. The zero-order valence-electron chi connectivity index (χ0n) is 10.6. The molecule has 0 atom stereocenters. The van der Waals surface area contributed by atoms with E-state index in [-0.39, 0.29) is 9.77 Å². The van der Waals surface area contributed by atoms with Gasteiger partial charge >= 0.3 is 5.97 Å². The van der Waals surface area contributed by atoms with Crippen LogP contribution in [0.5, 0.6) is 0 Å². The Labute approximate surface area is 132 Å². The molecule has 0 bridgehead atoms. The van der Waals surface area contributed by atoms with Crippen molar-refractivity contribution >= 4 is 48.9 Å². The smallest absolute Gasteiger partial charge is 0.335 e. The van der Waals surface area contributed by atoms with Crippen molar-refractivity contribution in [2.24, 2.45) is 0 Å². The summed E-state index contributed by atoms with van der Waals surface area (Å²) in [6.07, 6.45) is 0. The summed E-state index contributed by atoms with van der Waals surface area (Å²) >= 11 is 4.20. The van der Waals surface area contributed by atoms with Crippen LogP contribution in [0.3, 0.4) is 0 Å². The van der Waals surface area contributed by atoms with Gasteiger partial charge in [-0.25, -0.2) is 17.6 Å². The normalized spacial score (nSPS) is 11.4. The molecule has 1 aromatic carbocycles. The minimum atomic E-state index is -3.97. The zero-order valence-corrected chi connectivity index (χ0v) is 13.8. The van der Waals surface area contributed by atoms with Crippen LogP contribution in [0.25, 0.3) is 0 Å². The Hall–Kier alpha value is -1.45. The quantitative estimate of drug-likeness (QED) is 0.832. The second-order valence-electron chi connectivity index (χ2n) is 4.13. The first kappa shape index (κ1) is 15.9. The van der Waals surface area contributed by atoms with Crippen LogP contribution in [0.4, 0.5) is 10.1 Å². The van der Waals surface area contributed by atoms with Crippen molar-refractivity contribution in [1.82, 2.24) is 0 Å². The van der Waals surface area contributed by atoms with Crippen molar-refractivity contribution in [2.45, 2.75) is 11.1 Å².